The van der Waals surface area contributed by atoms with E-state index in [9.17, 15) is 0 Å². The van der Waals surface area contributed by atoms with E-state index in [0.717, 1.165) is 63.4 Å². The minimum Gasteiger partial charge on any atom is -0.382 e. The van der Waals surface area contributed by atoms with Crippen molar-refractivity contribution in [3.63, 3.8) is 0 Å². The van der Waals surface area contributed by atoms with Crippen molar-refractivity contribution in [2.24, 2.45) is 5.92 Å². The lowest BCUT2D eigenvalue weighted by Crippen LogP contribution is -2.38. The van der Waals surface area contributed by atoms with E-state index in [-0.39, 0.29) is 0 Å². The van der Waals surface area contributed by atoms with Crippen LogP contribution in [0.2, 0.25) is 0 Å². The number of ether oxygens (including phenoxy) is 1. The summed E-state index contributed by atoms with van der Waals surface area (Å²) in [6.07, 6.45) is 5.73. The molecule has 1 saturated heterocycles. The van der Waals surface area contributed by atoms with E-state index in [2.05, 4.69) is 27.9 Å². The Morgan fingerprint density at radius 2 is 2.14 bits per heavy atom. The Kier molecular flexibility index (Phi) is 6.51. The fourth-order valence-corrected chi connectivity index (χ4v) is 3.06. The number of aromatic nitrogens is 2. The van der Waals surface area contributed by atoms with E-state index in [1.807, 2.05) is 14.0 Å². The third-order valence-electron chi connectivity index (χ3n) is 4.16. The highest BCUT2D eigenvalue weighted by Gasteiger charge is 2.22. The van der Waals surface area contributed by atoms with Crippen LogP contribution in [0.4, 0.5) is 5.95 Å². The summed E-state index contributed by atoms with van der Waals surface area (Å²) in [5.74, 6) is 1.96. The fraction of sp³-hybridized carbons (Fsp3) is 0.812. The number of aryl methyl sites for hydroxylation is 2. The van der Waals surface area contributed by atoms with Crippen LogP contribution in [0.1, 0.15) is 31.9 Å². The minimum absolute atomic E-state index is 0.800. The van der Waals surface area contributed by atoms with Crippen molar-refractivity contribution in [2.45, 2.75) is 39.7 Å². The summed E-state index contributed by atoms with van der Waals surface area (Å²) in [6, 6.07) is 0. The fourth-order valence-electron chi connectivity index (χ4n) is 3.06. The zero-order chi connectivity index (χ0) is 15.1. The van der Waals surface area contributed by atoms with Gasteiger partial charge >= 0.3 is 0 Å². The summed E-state index contributed by atoms with van der Waals surface area (Å²) in [7, 11) is 2.04. The molecule has 1 fully saturated rings. The van der Waals surface area contributed by atoms with Crippen LogP contribution >= 0.6 is 0 Å². The van der Waals surface area contributed by atoms with E-state index in [4.69, 9.17) is 9.72 Å². The molecule has 1 aliphatic rings. The molecule has 2 heterocycles. The molecule has 1 aromatic rings. The highest BCUT2D eigenvalue weighted by molar-refractivity contribution is 5.34. The molecule has 21 heavy (non-hydrogen) atoms. The van der Waals surface area contributed by atoms with E-state index in [1.54, 1.807) is 0 Å². The number of anilines is 1. The van der Waals surface area contributed by atoms with Gasteiger partial charge in [0.1, 0.15) is 0 Å². The number of piperidine rings is 1. The number of hydrogen-bond donors (Lipinski definition) is 1. The van der Waals surface area contributed by atoms with Gasteiger partial charge in [0.25, 0.3) is 0 Å². The Morgan fingerprint density at radius 1 is 1.38 bits per heavy atom. The first-order valence-electron chi connectivity index (χ1n) is 8.25. The monoisotopic (exact) mass is 294 g/mol. The summed E-state index contributed by atoms with van der Waals surface area (Å²) >= 11 is 0. The van der Waals surface area contributed by atoms with Crippen LogP contribution in [0.5, 0.6) is 0 Å². The summed E-state index contributed by atoms with van der Waals surface area (Å²) in [4.78, 5) is 7.18. The van der Waals surface area contributed by atoms with Crippen LogP contribution in [-0.4, -0.2) is 49.4 Å². The van der Waals surface area contributed by atoms with Crippen LogP contribution in [-0.2, 0) is 11.3 Å². The van der Waals surface area contributed by atoms with Crippen molar-refractivity contribution in [3.05, 3.63) is 11.9 Å². The van der Waals surface area contributed by atoms with Crippen LogP contribution < -0.4 is 10.2 Å². The van der Waals surface area contributed by atoms with Gasteiger partial charge in [0, 0.05) is 39.0 Å². The molecular formula is C16H30N4O. The number of nitrogens with zero attached hydrogens (tertiary/aromatic N) is 3. The molecule has 1 aromatic heterocycles. The molecule has 5 nitrogen and oxygen atoms in total. The summed E-state index contributed by atoms with van der Waals surface area (Å²) in [5.41, 5.74) is 1.11. The van der Waals surface area contributed by atoms with Gasteiger partial charge in [-0.2, -0.15) is 0 Å². The molecule has 1 aliphatic heterocycles. The van der Waals surface area contributed by atoms with E-state index < -0.39 is 0 Å². The summed E-state index contributed by atoms with van der Waals surface area (Å²) in [5, 5.41) is 3.29. The standard InChI is InChI=1S/C16H30N4O/c1-4-21-11-5-8-20-13-14(2)18-16(20)19-9-6-15(7-10-19)12-17-3/h13,15,17H,4-12H2,1-3H3. The van der Waals surface area contributed by atoms with Crippen molar-refractivity contribution >= 4 is 5.95 Å². The summed E-state index contributed by atoms with van der Waals surface area (Å²) < 4.78 is 7.73. The van der Waals surface area contributed by atoms with E-state index in [0.29, 0.717) is 0 Å². The van der Waals surface area contributed by atoms with Crippen molar-refractivity contribution in [1.29, 1.82) is 0 Å². The number of hydrogen-bond acceptors (Lipinski definition) is 4. The minimum atomic E-state index is 0.800. The maximum atomic E-state index is 5.43. The number of imidazole rings is 1. The molecule has 1 N–H and O–H groups in total. The molecule has 0 radical (unpaired) electrons. The lowest BCUT2D eigenvalue weighted by atomic mass is 9.97. The van der Waals surface area contributed by atoms with Gasteiger partial charge in [-0.15, -0.1) is 0 Å². The van der Waals surface area contributed by atoms with Crippen molar-refractivity contribution in [3.8, 4) is 0 Å². The predicted molar refractivity (Wildman–Crippen MR) is 86.9 cm³/mol. The third kappa shape index (κ3) is 4.71. The average molecular weight is 294 g/mol. The molecule has 0 aliphatic carbocycles. The lowest BCUT2D eigenvalue weighted by Gasteiger charge is -2.33. The molecule has 120 valence electrons. The van der Waals surface area contributed by atoms with Crippen molar-refractivity contribution in [2.75, 3.05) is 44.8 Å². The zero-order valence-corrected chi connectivity index (χ0v) is 13.8. The average Bonchev–Trinajstić information content (AvgIpc) is 2.86. The first-order chi connectivity index (χ1) is 10.2. The van der Waals surface area contributed by atoms with Gasteiger partial charge in [0.05, 0.1) is 5.69 Å². The first kappa shape index (κ1) is 16.3. The molecule has 0 aromatic carbocycles. The molecule has 0 bridgehead atoms. The van der Waals surface area contributed by atoms with Gasteiger partial charge in [-0.05, 0) is 52.6 Å². The van der Waals surface area contributed by atoms with Crippen molar-refractivity contribution < 1.29 is 4.74 Å². The second kappa shape index (κ2) is 8.39. The molecule has 0 spiro atoms. The molecule has 0 saturated carbocycles. The number of rotatable bonds is 8. The van der Waals surface area contributed by atoms with E-state index in [1.165, 1.54) is 12.8 Å². The third-order valence-corrected chi connectivity index (χ3v) is 4.16. The zero-order valence-electron chi connectivity index (χ0n) is 13.8. The molecule has 0 amide bonds. The predicted octanol–water partition coefficient (Wildman–Crippen LogP) is 2.05. The van der Waals surface area contributed by atoms with Gasteiger partial charge in [0.2, 0.25) is 5.95 Å². The van der Waals surface area contributed by atoms with Gasteiger partial charge in [-0.3, -0.25) is 0 Å². The maximum Gasteiger partial charge on any atom is 0.205 e. The SMILES string of the molecule is CCOCCCn1cc(C)nc1N1CCC(CNC)CC1. The number of nitrogens with one attached hydrogen (secondary N) is 1. The Morgan fingerprint density at radius 3 is 2.81 bits per heavy atom. The molecule has 0 atom stereocenters. The largest absolute Gasteiger partial charge is 0.382 e. The highest BCUT2D eigenvalue weighted by atomic mass is 16.5. The Hall–Kier alpha value is -1.07. The second-order valence-electron chi connectivity index (χ2n) is 5.91. The Balaban J connectivity index is 1.90. The highest BCUT2D eigenvalue weighted by Crippen LogP contribution is 2.23. The summed E-state index contributed by atoms with van der Waals surface area (Å²) in [6.45, 7) is 10.1. The van der Waals surface area contributed by atoms with Crippen LogP contribution in [0, 0.1) is 12.8 Å². The van der Waals surface area contributed by atoms with Crippen molar-refractivity contribution in [1.82, 2.24) is 14.9 Å². The topological polar surface area (TPSA) is 42.3 Å². The second-order valence-corrected chi connectivity index (χ2v) is 5.91. The molecular weight excluding hydrogens is 264 g/mol. The first-order valence-corrected chi connectivity index (χ1v) is 8.25. The quantitative estimate of drug-likeness (QED) is 0.745. The van der Waals surface area contributed by atoms with Gasteiger partial charge in [-0.25, -0.2) is 4.98 Å². The smallest absolute Gasteiger partial charge is 0.205 e. The maximum absolute atomic E-state index is 5.43. The van der Waals surface area contributed by atoms with E-state index >= 15 is 0 Å². The normalized spacial score (nSPS) is 16.6. The van der Waals surface area contributed by atoms with Gasteiger partial charge in [0.15, 0.2) is 0 Å². The van der Waals surface area contributed by atoms with Gasteiger partial charge in [-0.1, -0.05) is 0 Å². The molecule has 0 unspecified atom stereocenters. The van der Waals surface area contributed by atoms with Crippen LogP contribution in [0.15, 0.2) is 6.20 Å². The van der Waals surface area contributed by atoms with Gasteiger partial charge < -0.3 is 19.5 Å². The Labute approximate surface area is 128 Å². The van der Waals surface area contributed by atoms with Crippen LogP contribution in [0.25, 0.3) is 0 Å². The Bertz CT molecular complexity index is 410. The lowest BCUT2D eigenvalue weighted by molar-refractivity contribution is 0.141. The molecule has 5 heteroatoms. The molecule has 2 rings (SSSR count). The van der Waals surface area contributed by atoms with Crippen LogP contribution in [0.3, 0.4) is 0 Å².